The summed E-state index contributed by atoms with van der Waals surface area (Å²) in [6.45, 7) is -8.25. The van der Waals surface area contributed by atoms with E-state index in [1.807, 2.05) is 0 Å². The van der Waals surface area contributed by atoms with Crippen LogP contribution in [0.4, 0.5) is 0 Å². The van der Waals surface area contributed by atoms with Crippen LogP contribution < -0.4 is 16.0 Å². The first-order valence-corrected chi connectivity index (χ1v) is 38.2. The van der Waals surface area contributed by atoms with Crippen molar-refractivity contribution >= 4 is 17.7 Å². The minimum Gasteiger partial charge on any atom is -0.394 e. The molecule has 0 aromatic rings. The highest BCUT2D eigenvalue weighted by Crippen LogP contribution is 2.40. The van der Waals surface area contributed by atoms with Gasteiger partial charge in [0.15, 0.2) is 62.9 Å². The molecule has 10 saturated heterocycles. The van der Waals surface area contributed by atoms with Crippen molar-refractivity contribution in [2.24, 2.45) is 0 Å². The maximum absolute atomic E-state index is 13.1. The summed E-state index contributed by atoms with van der Waals surface area (Å²) in [4.78, 5) is 38.9. The van der Waals surface area contributed by atoms with Crippen molar-refractivity contribution < 1.29 is 252 Å². The number of hydrogen-bond acceptors (Lipinski definition) is 51. The van der Waals surface area contributed by atoms with Crippen LogP contribution in [0.2, 0.25) is 0 Å². The summed E-state index contributed by atoms with van der Waals surface area (Å²) in [5.74, 6) is -2.87. The van der Waals surface area contributed by atoms with Gasteiger partial charge in [0.2, 0.25) is 17.7 Å². The maximum Gasteiger partial charge on any atom is 0.217 e. The van der Waals surface area contributed by atoms with E-state index in [4.69, 9.17) is 90.0 Å². The predicted molar refractivity (Wildman–Crippen MR) is 364 cm³/mol. The molecule has 0 radical (unpaired) electrons. The van der Waals surface area contributed by atoms with Crippen LogP contribution in [0.5, 0.6) is 0 Å². The molecule has 0 bridgehead atoms. The molecule has 10 heterocycles. The zero-order chi connectivity index (χ0) is 88.2. The molecule has 10 aliphatic heterocycles. The van der Waals surface area contributed by atoms with E-state index in [9.17, 15) is 162 Å². The second kappa shape index (κ2) is 43.1. The summed E-state index contributed by atoms with van der Waals surface area (Å²) >= 11 is 0. The first-order chi connectivity index (χ1) is 56.8. The van der Waals surface area contributed by atoms with E-state index in [0.29, 0.717) is 0 Å². The lowest BCUT2D eigenvalue weighted by Crippen LogP contribution is -2.70. The Kier molecular flexibility index (Phi) is 35.4. The van der Waals surface area contributed by atoms with E-state index < -0.39 is 391 Å². The Morgan fingerprint density at radius 3 is 0.825 bits per heavy atom. The lowest BCUT2D eigenvalue weighted by molar-refractivity contribution is -0.399. The van der Waals surface area contributed by atoms with Crippen molar-refractivity contribution in [1.82, 2.24) is 16.0 Å². The van der Waals surface area contributed by atoms with Crippen molar-refractivity contribution in [3.63, 3.8) is 0 Å². The predicted octanol–water partition coefficient (Wildman–Crippen LogP) is -22.4. The van der Waals surface area contributed by atoms with E-state index >= 15 is 0 Å². The summed E-state index contributed by atoms with van der Waals surface area (Å²) in [6, 6.07) is -5.79. The van der Waals surface area contributed by atoms with Gasteiger partial charge in [-0.2, -0.15) is 0 Å². The highest BCUT2D eigenvalue weighted by molar-refractivity contribution is 5.74. The molecule has 10 aliphatic rings. The highest BCUT2D eigenvalue weighted by atomic mass is 16.8. The van der Waals surface area contributed by atoms with E-state index in [1.54, 1.807) is 0 Å². The van der Waals surface area contributed by atoms with Crippen molar-refractivity contribution in [3.8, 4) is 0 Å². The van der Waals surface area contributed by atoms with Gasteiger partial charge >= 0.3 is 0 Å². The molecule has 10 fully saturated rings. The van der Waals surface area contributed by atoms with Crippen LogP contribution in [0.15, 0.2) is 0 Å². The second-order valence-electron chi connectivity index (χ2n) is 30.3. The van der Waals surface area contributed by atoms with Crippen molar-refractivity contribution in [2.75, 3.05) is 66.1 Å². The molecule has 0 saturated carbocycles. The van der Waals surface area contributed by atoms with Crippen LogP contribution in [0, 0.1) is 0 Å². The smallest absolute Gasteiger partial charge is 0.217 e. The van der Waals surface area contributed by atoms with Gasteiger partial charge in [0.1, 0.15) is 244 Å². The standard InChI is InChI=1S/C66H111N3O51/c1-14(78)67-27-36(87)50(114-61-46(97)39(90)30(81)17(4-70)105-61)22(9-75)109-58(27)102-12-25-34(85)43(94)55(119-59-28(68-15(2)79)37(88)51(23(10-76)110-59)115-62-47(98)40(91)31(82)18(5-71)106-62)65(113-25)103-13-26-35(86)54(49(100)64(112-26)117-53-21(8-74)104-57(101)45(96)44(53)95)118-66-56(42(93)33(84)20(7-73)108-66)120-60-29(69-16(3)80)38(89)52(24(11-77)111-60)116-63-48(99)41(92)32(83)19(6-72)107-63/h17-66,70-77,81-101H,4-13H2,1-3H3,(H,67,78)(H,68,79)(H,69,80)/t17-,18-,19-,20-,21-,22-,23-,24-,25-,26-,27-,28-,29-,30+,31+,32+,33-,34-,35-,36-,37-,38-,39+,40+,41+,42+,43+,44-,45-,46-,47-,48-,49+,50-,51-,52-,53-,54+,55+,56+,57-,58-,59+,60+,61+,62+,63+,64+,65+,66-/m1/s1. The fourth-order valence-corrected chi connectivity index (χ4v) is 15.4. The summed E-state index contributed by atoms with van der Waals surface area (Å²) in [7, 11) is 0. The van der Waals surface area contributed by atoms with Crippen molar-refractivity contribution in [3.05, 3.63) is 0 Å². The van der Waals surface area contributed by atoms with Gasteiger partial charge in [-0.05, 0) is 0 Å². The lowest BCUT2D eigenvalue weighted by atomic mass is 9.94. The Labute approximate surface area is 678 Å². The second-order valence-corrected chi connectivity index (χ2v) is 30.3. The quantitative estimate of drug-likeness (QED) is 0.0306. The zero-order valence-corrected chi connectivity index (χ0v) is 63.9. The first kappa shape index (κ1) is 98.7. The van der Waals surface area contributed by atoms with E-state index in [1.165, 1.54) is 0 Å². The third-order valence-electron chi connectivity index (χ3n) is 22.1. The number of aliphatic hydroxyl groups excluding tert-OH is 29. The fourth-order valence-electron chi connectivity index (χ4n) is 15.4. The average Bonchev–Trinajstić information content (AvgIpc) is 0.767. The molecule has 50 atom stereocenters. The number of hydrogen-bond donors (Lipinski definition) is 32. The first-order valence-electron chi connectivity index (χ1n) is 38.2. The summed E-state index contributed by atoms with van der Waals surface area (Å²) in [5.41, 5.74) is 0. The summed E-state index contributed by atoms with van der Waals surface area (Å²) < 4.78 is 112. The normalized spacial score (nSPS) is 50.4. The number of rotatable bonds is 31. The largest absolute Gasteiger partial charge is 0.394 e. The van der Waals surface area contributed by atoms with Gasteiger partial charge in [-0.25, -0.2) is 0 Å². The van der Waals surface area contributed by atoms with Crippen molar-refractivity contribution in [1.29, 1.82) is 0 Å². The van der Waals surface area contributed by atoms with Crippen LogP contribution in [-0.2, 0) is 104 Å². The maximum atomic E-state index is 13.1. The number of amides is 3. The highest BCUT2D eigenvalue weighted by Gasteiger charge is 2.61. The molecule has 3 amide bonds. The van der Waals surface area contributed by atoms with E-state index in [2.05, 4.69) is 16.0 Å². The van der Waals surface area contributed by atoms with Gasteiger partial charge < -0.3 is 254 Å². The Morgan fingerprint density at radius 1 is 0.217 bits per heavy atom. The summed E-state index contributed by atoms with van der Waals surface area (Å²) in [6.07, 6.45) is -99.3. The van der Waals surface area contributed by atoms with Crippen LogP contribution >= 0.6 is 0 Å². The summed E-state index contributed by atoms with van der Waals surface area (Å²) in [5, 5.41) is 327. The number of carbonyl (C=O) groups excluding carboxylic acids is 3. The van der Waals surface area contributed by atoms with E-state index in [-0.39, 0.29) is 0 Å². The third kappa shape index (κ3) is 21.4. The van der Waals surface area contributed by atoms with Crippen LogP contribution in [0.25, 0.3) is 0 Å². The van der Waals surface area contributed by atoms with Crippen LogP contribution in [-0.4, -0.2) is 539 Å². The van der Waals surface area contributed by atoms with Crippen LogP contribution in [0.3, 0.4) is 0 Å². The van der Waals surface area contributed by atoms with Gasteiger partial charge in [-0.15, -0.1) is 0 Å². The number of aliphatic hydroxyl groups is 29. The molecule has 0 aliphatic carbocycles. The third-order valence-corrected chi connectivity index (χ3v) is 22.1. The van der Waals surface area contributed by atoms with Gasteiger partial charge in [-0.1, -0.05) is 0 Å². The molecule has 0 aromatic heterocycles. The monoisotopic (exact) mass is 1760 g/mol. The minimum absolute atomic E-state index is 0.909. The van der Waals surface area contributed by atoms with Gasteiger partial charge in [0.25, 0.3) is 0 Å². The molecule has 0 spiro atoms. The van der Waals surface area contributed by atoms with Crippen LogP contribution in [0.1, 0.15) is 20.8 Å². The Bertz CT molecular complexity index is 3170. The number of carbonyl (C=O) groups is 3. The Hall–Kier alpha value is -3.51. The topological polar surface area (TPSA) is 849 Å². The zero-order valence-electron chi connectivity index (χ0n) is 63.9. The molecule has 54 heteroatoms. The van der Waals surface area contributed by atoms with Gasteiger partial charge in [-0.3, -0.25) is 14.4 Å². The molecule has 120 heavy (non-hydrogen) atoms. The molecule has 0 aromatic carbocycles. The number of nitrogens with one attached hydrogen (secondary N) is 3. The fraction of sp³-hybridized carbons (Fsp3) is 0.955. The van der Waals surface area contributed by atoms with E-state index in [0.717, 1.165) is 20.8 Å². The molecular weight excluding hydrogens is 1650 g/mol. The molecular formula is C66H111N3O51. The molecule has 0 unspecified atom stereocenters. The molecule has 54 nitrogen and oxygen atoms in total. The molecule has 696 valence electrons. The Balaban J connectivity index is 0.983. The molecule has 10 rings (SSSR count). The number of ether oxygens (including phenoxy) is 19. The SMILES string of the molecule is CC(=O)N[C@H]1[C@H](OC[C@H]2O[C@H](OC[C@H]3O[C@@H](O[C@H]4[C@H](O)[C@@H](O)[C@H](O)O[C@@H]4CO)[C@@H](O)[C@@H](O[C@H]4O[C@H](CO)[C@@H](O)[C@H](O)[C@@H]4O[C@@H]4O[C@H](CO)[C@@H](O[C@@H]5O[C@H](CO)[C@H](O)[C@H](O)[C@H]5O)[C@H](O)[C@H]4NC(C)=O)[C@@H]3O)[C@@H](O[C@@H]3O[C@H](CO)[C@@H](O[C@@H]4O[C@H](CO)[C@H](O)[C@H](O)[C@H]4O)[C@H](O)[C@H]3NC(C)=O)[C@@H](O)[C@@H]2O)O[C@H](CO)[C@@H](O[C@@H]2O[C@H](CO)[C@H](O)[C@H](O)[C@H]2O)[C@@H]1O. The average molecular weight is 1760 g/mol. The van der Waals surface area contributed by atoms with Gasteiger partial charge in [0.05, 0.1) is 66.1 Å². The van der Waals surface area contributed by atoms with Gasteiger partial charge in [0, 0.05) is 20.8 Å². The molecule has 32 N–H and O–H groups in total. The minimum atomic E-state index is -2.57. The Morgan fingerprint density at radius 2 is 0.458 bits per heavy atom. The van der Waals surface area contributed by atoms with Crippen molar-refractivity contribution in [2.45, 2.75) is 328 Å². The lowest BCUT2D eigenvalue weighted by Gasteiger charge is -2.51.